The van der Waals surface area contributed by atoms with Crippen LogP contribution >= 0.6 is 23.4 Å². The zero-order chi connectivity index (χ0) is 16.4. The number of rotatable bonds is 4. The first kappa shape index (κ1) is 16.0. The molecule has 0 saturated carbocycles. The van der Waals surface area contributed by atoms with Gasteiger partial charge in [0.2, 0.25) is 5.16 Å². The molecule has 0 amide bonds. The predicted octanol–water partition coefficient (Wildman–Crippen LogP) is 4.79. The summed E-state index contributed by atoms with van der Waals surface area (Å²) in [6, 6.07) is 14.0. The summed E-state index contributed by atoms with van der Waals surface area (Å²) in [5.74, 6) is 0. The zero-order valence-electron chi connectivity index (χ0n) is 13.2. The van der Waals surface area contributed by atoms with Gasteiger partial charge in [-0.15, -0.1) is 5.10 Å². The van der Waals surface area contributed by atoms with E-state index in [1.54, 1.807) is 11.8 Å². The predicted molar refractivity (Wildman–Crippen MR) is 94.4 cm³/mol. The highest BCUT2D eigenvalue weighted by Gasteiger charge is 2.18. The quantitative estimate of drug-likeness (QED) is 0.638. The molecule has 0 bridgehead atoms. The van der Waals surface area contributed by atoms with Crippen molar-refractivity contribution in [2.45, 2.75) is 31.2 Å². The molecule has 2 aromatic carbocycles. The van der Waals surface area contributed by atoms with Crippen LogP contribution in [-0.4, -0.2) is 20.2 Å². The topological polar surface area (TPSA) is 43.6 Å². The van der Waals surface area contributed by atoms with Gasteiger partial charge in [0, 0.05) is 10.3 Å². The summed E-state index contributed by atoms with van der Waals surface area (Å²) in [6.07, 6.45) is 0. The zero-order valence-corrected chi connectivity index (χ0v) is 14.8. The van der Waals surface area contributed by atoms with E-state index in [1.165, 1.54) is 0 Å². The molecule has 3 rings (SSSR count). The Balaban J connectivity index is 1.95. The van der Waals surface area contributed by atoms with E-state index in [-0.39, 0.29) is 5.25 Å². The molecule has 1 atom stereocenters. The van der Waals surface area contributed by atoms with Crippen molar-refractivity contribution < 1.29 is 0 Å². The maximum Gasteiger partial charge on any atom is 0.214 e. The van der Waals surface area contributed by atoms with E-state index in [0.29, 0.717) is 0 Å². The van der Waals surface area contributed by atoms with Gasteiger partial charge in [0.15, 0.2) is 0 Å². The highest BCUT2D eigenvalue weighted by atomic mass is 35.5. The van der Waals surface area contributed by atoms with Gasteiger partial charge in [-0.2, -0.15) is 4.68 Å². The molecule has 0 spiro atoms. The number of thioether (sulfide) groups is 1. The number of halogens is 1. The third kappa shape index (κ3) is 3.26. The fourth-order valence-corrected chi connectivity index (χ4v) is 3.88. The number of hydrogen-bond acceptors (Lipinski definition) is 4. The Morgan fingerprint density at radius 1 is 1.04 bits per heavy atom. The Hall–Kier alpha value is -1.85. The first-order valence-electron chi connectivity index (χ1n) is 7.34. The first-order valence-corrected chi connectivity index (χ1v) is 8.59. The summed E-state index contributed by atoms with van der Waals surface area (Å²) in [4.78, 5) is 0. The van der Waals surface area contributed by atoms with Gasteiger partial charge >= 0.3 is 0 Å². The molecule has 0 saturated heterocycles. The maximum atomic E-state index is 6.29. The highest BCUT2D eigenvalue weighted by Crippen LogP contribution is 2.37. The molecular weight excluding hydrogens is 328 g/mol. The normalized spacial score (nSPS) is 12.3. The van der Waals surface area contributed by atoms with E-state index in [4.69, 9.17) is 11.6 Å². The fourth-order valence-electron chi connectivity index (χ4n) is 2.56. The Kier molecular flexibility index (Phi) is 4.68. The number of nitrogens with zero attached hydrogens (tertiary/aromatic N) is 4. The average Bonchev–Trinajstić information content (AvgIpc) is 2.95. The molecule has 0 aliphatic rings. The SMILES string of the molecule is Cc1cccc(C)c1-n1nnnc1S[C@@H](C)c1ccccc1Cl. The Morgan fingerprint density at radius 3 is 2.43 bits per heavy atom. The number of tetrazole rings is 1. The van der Waals surface area contributed by atoms with Crippen molar-refractivity contribution in [2.75, 3.05) is 0 Å². The second-order valence-electron chi connectivity index (χ2n) is 5.40. The number of para-hydroxylation sites is 1. The Bertz CT molecular complexity index is 811. The van der Waals surface area contributed by atoms with Gasteiger partial charge in [0.25, 0.3) is 0 Å². The Labute approximate surface area is 144 Å². The molecule has 1 aromatic heterocycles. The van der Waals surface area contributed by atoms with Crippen LogP contribution in [0, 0.1) is 13.8 Å². The van der Waals surface area contributed by atoms with Crippen LogP contribution in [-0.2, 0) is 0 Å². The van der Waals surface area contributed by atoms with Gasteiger partial charge in [-0.25, -0.2) is 0 Å². The molecule has 4 nitrogen and oxygen atoms in total. The van der Waals surface area contributed by atoms with Gasteiger partial charge in [0.1, 0.15) is 0 Å². The number of hydrogen-bond donors (Lipinski definition) is 0. The average molecular weight is 345 g/mol. The van der Waals surface area contributed by atoms with E-state index in [2.05, 4.69) is 48.4 Å². The first-order chi connectivity index (χ1) is 11.1. The van der Waals surface area contributed by atoms with Crippen molar-refractivity contribution in [1.82, 2.24) is 20.2 Å². The molecule has 0 N–H and O–H groups in total. The van der Waals surface area contributed by atoms with Crippen molar-refractivity contribution >= 4 is 23.4 Å². The lowest BCUT2D eigenvalue weighted by atomic mass is 10.1. The minimum absolute atomic E-state index is 0.151. The van der Waals surface area contributed by atoms with Crippen LogP contribution < -0.4 is 0 Å². The molecule has 118 valence electrons. The molecule has 0 unspecified atom stereocenters. The fraction of sp³-hybridized carbons (Fsp3) is 0.235. The second kappa shape index (κ2) is 6.72. The molecule has 3 aromatic rings. The largest absolute Gasteiger partial charge is 0.214 e. The molecule has 1 heterocycles. The number of aryl methyl sites for hydroxylation is 2. The molecule has 0 aliphatic heterocycles. The van der Waals surface area contributed by atoms with Crippen molar-refractivity contribution in [2.24, 2.45) is 0 Å². The molecule has 0 radical (unpaired) electrons. The van der Waals surface area contributed by atoms with Crippen molar-refractivity contribution in [3.8, 4) is 5.69 Å². The summed E-state index contributed by atoms with van der Waals surface area (Å²) >= 11 is 7.89. The number of aromatic nitrogens is 4. The second-order valence-corrected chi connectivity index (χ2v) is 7.11. The van der Waals surface area contributed by atoms with Gasteiger partial charge < -0.3 is 0 Å². The van der Waals surface area contributed by atoms with Crippen molar-refractivity contribution in [1.29, 1.82) is 0 Å². The standard InChI is InChI=1S/C17H17ClN4S/c1-11-7-6-8-12(2)16(11)22-17(19-20-21-22)23-13(3)14-9-4-5-10-15(14)18/h4-10,13H,1-3H3/t13-/m0/s1. The maximum absolute atomic E-state index is 6.29. The van der Waals surface area contributed by atoms with E-state index in [0.717, 1.165) is 32.6 Å². The van der Waals surface area contributed by atoms with Gasteiger partial charge in [0.05, 0.1) is 5.69 Å². The van der Waals surface area contributed by atoms with Crippen LogP contribution in [0.15, 0.2) is 47.6 Å². The monoisotopic (exact) mass is 344 g/mol. The third-order valence-electron chi connectivity index (χ3n) is 3.72. The van der Waals surface area contributed by atoms with Crippen LogP contribution in [0.2, 0.25) is 5.02 Å². The molecule has 0 aliphatic carbocycles. The highest BCUT2D eigenvalue weighted by molar-refractivity contribution is 7.99. The summed E-state index contributed by atoms with van der Waals surface area (Å²) in [6.45, 7) is 6.24. The van der Waals surface area contributed by atoms with E-state index in [9.17, 15) is 0 Å². The van der Waals surface area contributed by atoms with Crippen LogP contribution in [0.3, 0.4) is 0 Å². The van der Waals surface area contributed by atoms with E-state index in [1.807, 2.05) is 35.0 Å². The third-order valence-corrected chi connectivity index (χ3v) is 5.13. The summed E-state index contributed by atoms with van der Waals surface area (Å²) < 4.78 is 1.81. The lowest BCUT2D eigenvalue weighted by Gasteiger charge is -2.14. The van der Waals surface area contributed by atoms with Crippen LogP contribution in [0.1, 0.15) is 28.9 Å². The summed E-state index contributed by atoms with van der Waals surface area (Å²) in [7, 11) is 0. The van der Waals surface area contributed by atoms with Gasteiger partial charge in [-0.1, -0.05) is 59.8 Å². The van der Waals surface area contributed by atoms with Crippen LogP contribution in [0.5, 0.6) is 0 Å². The lowest BCUT2D eigenvalue weighted by molar-refractivity contribution is 0.746. The van der Waals surface area contributed by atoms with E-state index < -0.39 is 0 Å². The molecule has 23 heavy (non-hydrogen) atoms. The molecular formula is C17H17ClN4S. The van der Waals surface area contributed by atoms with E-state index >= 15 is 0 Å². The van der Waals surface area contributed by atoms with Crippen LogP contribution in [0.4, 0.5) is 0 Å². The molecule has 0 fully saturated rings. The van der Waals surface area contributed by atoms with Gasteiger partial charge in [-0.05, 0) is 54.0 Å². The minimum Gasteiger partial charge on any atom is -0.187 e. The van der Waals surface area contributed by atoms with Crippen molar-refractivity contribution in [3.05, 3.63) is 64.2 Å². The van der Waals surface area contributed by atoms with Crippen molar-refractivity contribution in [3.63, 3.8) is 0 Å². The smallest absolute Gasteiger partial charge is 0.187 e. The summed E-state index contributed by atoms with van der Waals surface area (Å²) in [5.41, 5.74) is 4.40. The lowest BCUT2D eigenvalue weighted by Crippen LogP contribution is -2.04. The summed E-state index contributed by atoms with van der Waals surface area (Å²) in [5, 5.41) is 13.9. The van der Waals surface area contributed by atoms with Crippen LogP contribution in [0.25, 0.3) is 5.69 Å². The van der Waals surface area contributed by atoms with Gasteiger partial charge in [-0.3, -0.25) is 0 Å². The Morgan fingerprint density at radius 2 is 1.74 bits per heavy atom. The molecule has 6 heteroatoms. The minimum atomic E-state index is 0.151. The number of benzene rings is 2.